The molecule has 0 aromatic carbocycles. The van der Waals surface area contributed by atoms with E-state index >= 15 is 0 Å². The van der Waals surface area contributed by atoms with Crippen molar-refractivity contribution in [3.05, 3.63) is 0 Å². The summed E-state index contributed by atoms with van der Waals surface area (Å²) in [5.74, 6) is -1.26. The van der Waals surface area contributed by atoms with Crippen LogP contribution in [0.25, 0.3) is 0 Å². The van der Waals surface area contributed by atoms with Gasteiger partial charge in [0.25, 0.3) is 0 Å². The van der Waals surface area contributed by atoms with Crippen molar-refractivity contribution in [2.24, 2.45) is 11.3 Å². The van der Waals surface area contributed by atoms with Gasteiger partial charge in [-0.25, -0.2) is 0 Å². The van der Waals surface area contributed by atoms with Crippen LogP contribution in [0.2, 0.25) is 0 Å². The second kappa shape index (κ2) is 5.19. The van der Waals surface area contributed by atoms with Gasteiger partial charge in [-0.3, -0.25) is 14.4 Å². The number of hydrogen-bond acceptors (Lipinski definition) is 3. The van der Waals surface area contributed by atoms with E-state index in [9.17, 15) is 19.5 Å². The van der Waals surface area contributed by atoms with Crippen molar-refractivity contribution in [2.75, 3.05) is 6.54 Å². The first-order chi connectivity index (χ1) is 8.93. The standard InChI is InChI=1S/C13H20N2O4/c1-13(12(18)19)6-2-3-9(13)15-11(17)8-4-5-10(16)14-7-8/h8-9H,2-7H2,1H3,(H,14,16)(H,15,17)(H,18,19). The number of piperidine rings is 1. The molecule has 1 aliphatic heterocycles. The van der Waals surface area contributed by atoms with Gasteiger partial charge >= 0.3 is 5.97 Å². The fourth-order valence-electron chi connectivity index (χ4n) is 2.90. The second-order valence-electron chi connectivity index (χ2n) is 5.72. The molecule has 6 heteroatoms. The molecule has 0 bridgehead atoms. The van der Waals surface area contributed by atoms with E-state index < -0.39 is 11.4 Å². The van der Waals surface area contributed by atoms with Crippen LogP contribution in [0.4, 0.5) is 0 Å². The Morgan fingerprint density at radius 3 is 2.74 bits per heavy atom. The van der Waals surface area contributed by atoms with Crippen molar-refractivity contribution in [3.8, 4) is 0 Å². The summed E-state index contributed by atoms with van der Waals surface area (Å²) in [6.07, 6.45) is 3.00. The summed E-state index contributed by atoms with van der Waals surface area (Å²) >= 11 is 0. The molecule has 3 N–H and O–H groups in total. The number of amides is 2. The van der Waals surface area contributed by atoms with Crippen LogP contribution in [0.3, 0.4) is 0 Å². The van der Waals surface area contributed by atoms with Gasteiger partial charge in [-0.2, -0.15) is 0 Å². The van der Waals surface area contributed by atoms with E-state index in [0.717, 1.165) is 6.42 Å². The maximum absolute atomic E-state index is 12.1. The molecule has 2 aliphatic rings. The lowest BCUT2D eigenvalue weighted by atomic mass is 9.84. The zero-order valence-corrected chi connectivity index (χ0v) is 11.1. The molecule has 0 radical (unpaired) electrons. The molecule has 2 amide bonds. The molecule has 0 aromatic heterocycles. The largest absolute Gasteiger partial charge is 0.481 e. The first kappa shape index (κ1) is 13.8. The predicted molar refractivity (Wildman–Crippen MR) is 67.3 cm³/mol. The highest BCUT2D eigenvalue weighted by Gasteiger charge is 2.46. The van der Waals surface area contributed by atoms with E-state index in [1.165, 1.54) is 0 Å². The molecule has 1 saturated carbocycles. The predicted octanol–water partition coefficient (Wildman–Crippen LogP) is 0.272. The molecule has 3 unspecified atom stereocenters. The van der Waals surface area contributed by atoms with Crippen molar-refractivity contribution in [1.29, 1.82) is 0 Å². The normalized spacial score (nSPS) is 34.7. The zero-order valence-electron chi connectivity index (χ0n) is 11.1. The molecule has 106 valence electrons. The first-order valence-electron chi connectivity index (χ1n) is 6.74. The van der Waals surface area contributed by atoms with Gasteiger partial charge in [0.15, 0.2) is 0 Å². The van der Waals surface area contributed by atoms with E-state index in [1.54, 1.807) is 6.92 Å². The molecular weight excluding hydrogens is 248 g/mol. The maximum atomic E-state index is 12.1. The quantitative estimate of drug-likeness (QED) is 0.684. The average molecular weight is 268 g/mol. The highest BCUT2D eigenvalue weighted by molar-refractivity contribution is 5.85. The van der Waals surface area contributed by atoms with Crippen LogP contribution in [-0.2, 0) is 14.4 Å². The summed E-state index contributed by atoms with van der Waals surface area (Å²) in [5.41, 5.74) is -0.867. The molecule has 19 heavy (non-hydrogen) atoms. The topological polar surface area (TPSA) is 95.5 Å². The van der Waals surface area contributed by atoms with Gasteiger partial charge in [0.1, 0.15) is 0 Å². The number of carbonyl (C=O) groups is 3. The Morgan fingerprint density at radius 2 is 2.16 bits per heavy atom. The van der Waals surface area contributed by atoms with Crippen LogP contribution in [0.15, 0.2) is 0 Å². The van der Waals surface area contributed by atoms with Crippen LogP contribution >= 0.6 is 0 Å². The van der Waals surface area contributed by atoms with Gasteiger partial charge < -0.3 is 15.7 Å². The first-order valence-corrected chi connectivity index (χ1v) is 6.74. The van der Waals surface area contributed by atoms with Crippen molar-refractivity contribution < 1.29 is 19.5 Å². The number of carboxylic acid groups (broad SMARTS) is 1. The number of carboxylic acids is 1. The van der Waals surface area contributed by atoms with Crippen LogP contribution in [0, 0.1) is 11.3 Å². The molecular formula is C13H20N2O4. The minimum absolute atomic E-state index is 0.0275. The zero-order chi connectivity index (χ0) is 14.0. The Bertz CT molecular complexity index is 399. The van der Waals surface area contributed by atoms with Gasteiger partial charge in [-0.05, 0) is 26.2 Å². The Hall–Kier alpha value is -1.59. The molecule has 1 heterocycles. The molecule has 1 aliphatic carbocycles. The van der Waals surface area contributed by atoms with E-state index in [0.29, 0.717) is 32.2 Å². The molecule has 0 spiro atoms. The van der Waals surface area contributed by atoms with Gasteiger partial charge in [-0.15, -0.1) is 0 Å². The molecule has 2 fully saturated rings. The minimum atomic E-state index is -0.867. The third-order valence-corrected chi connectivity index (χ3v) is 4.40. The Morgan fingerprint density at radius 1 is 1.42 bits per heavy atom. The van der Waals surface area contributed by atoms with Gasteiger partial charge in [0, 0.05) is 19.0 Å². The molecule has 2 rings (SSSR count). The fourth-order valence-corrected chi connectivity index (χ4v) is 2.90. The SMILES string of the molecule is CC1(C(=O)O)CCCC1NC(=O)C1CCC(=O)NC1. The Labute approximate surface area is 111 Å². The van der Waals surface area contributed by atoms with Gasteiger partial charge in [-0.1, -0.05) is 6.42 Å². The molecule has 6 nitrogen and oxygen atoms in total. The smallest absolute Gasteiger partial charge is 0.311 e. The number of aliphatic carboxylic acids is 1. The number of rotatable bonds is 3. The van der Waals surface area contributed by atoms with Crippen LogP contribution in [0.1, 0.15) is 39.0 Å². The van der Waals surface area contributed by atoms with Crippen molar-refractivity contribution in [1.82, 2.24) is 10.6 Å². The third-order valence-electron chi connectivity index (χ3n) is 4.40. The fraction of sp³-hybridized carbons (Fsp3) is 0.769. The van der Waals surface area contributed by atoms with E-state index in [-0.39, 0.29) is 23.8 Å². The molecule has 1 saturated heterocycles. The highest BCUT2D eigenvalue weighted by atomic mass is 16.4. The lowest BCUT2D eigenvalue weighted by molar-refractivity contribution is -0.149. The number of carbonyl (C=O) groups excluding carboxylic acids is 2. The summed E-state index contributed by atoms with van der Waals surface area (Å²) in [7, 11) is 0. The van der Waals surface area contributed by atoms with Crippen molar-refractivity contribution in [2.45, 2.75) is 45.1 Å². The monoisotopic (exact) mass is 268 g/mol. The van der Waals surface area contributed by atoms with E-state index in [2.05, 4.69) is 10.6 Å². The summed E-state index contributed by atoms with van der Waals surface area (Å²) in [5, 5.41) is 14.8. The third kappa shape index (κ3) is 2.72. The van der Waals surface area contributed by atoms with Crippen LogP contribution in [0.5, 0.6) is 0 Å². The second-order valence-corrected chi connectivity index (χ2v) is 5.72. The Kier molecular flexibility index (Phi) is 3.78. The molecule has 3 atom stereocenters. The lowest BCUT2D eigenvalue weighted by Crippen LogP contribution is -2.51. The maximum Gasteiger partial charge on any atom is 0.311 e. The van der Waals surface area contributed by atoms with E-state index in [1.807, 2.05) is 0 Å². The average Bonchev–Trinajstić information content (AvgIpc) is 2.73. The lowest BCUT2D eigenvalue weighted by Gasteiger charge is -2.30. The van der Waals surface area contributed by atoms with Crippen molar-refractivity contribution >= 4 is 17.8 Å². The number of hydrogen-bond donors (Lipinski definition) is 3. The van der Waals surface area contributed by atoms with Gasteiger partial charge in [0.05, 0.1) is 11.3 Å². The molecule has 0 aromatic rings. The summed E-state index contributed by atoms with van der Waals surface area (Å²) < 4.78 is 0. The van der Waals surface area contributed by atoms with Crippen molar-refractivity contribution in [3.63, 3.8) is 0 Å². The van der Waals surface area contributed by atoms with Crippen LogP contribution in [-0.4, -0.2) is 35.5 Å². The van der Waals surface area contributed by atoms with Gasteiger partial charge in [0.2, 0.25) is 11.8 Å². The Balaban J connectivity index is 1.95. The minimum Gasteiger partial charge on any atom is -0.481 e. The van der Waals surface area contributed by atoms with Crippen LogP contribution < -0.4 is 10.6 Å². The summed E-state index contributed by atoms with van der Waals surface area (Å²) in [6.45, 7) is 2.04. The highest BCUT2D eigenvalue weighted by Crippen LogP contribution is 2.38. The summed E-state index contributed by atoms with van der Waals surface area (Å²) in [4.78, 5) is 34.5. The number of nitrogens with one attached hydrogen (secondary N) is 2. The van der Waals surface area contributed by atoms with E-state index in [4.69, 9.17) is 0 Å². The summed E-state index contributed by atoms with van der Waals surface area (Å²) in [6, 6.07) is -0.310.